The van der Waals surface area contributed by atoms with E-state index in [-0.39, 0.29) is 28.1 Å². The van der Waals surface area contributed by atoms with E-state index in [0.717, 1.165) is 29.8 Å². The van der Waals surface area contributed by atoms with E-state index in [4.69, 9.17) is 17.3 Å². The zero-order valence-electron chi connectivity index (χ0n) is 17.1. The Balaban J connectivity index is 1.53. The molecule has 0 fully saturated rings. The molecule has 0 atom stereocenters. The van der Waals surface area contributed by atoms with E-state index < -0.39 is 11.5 Å². The second-order valence-electron chi connectivity index (χ2n) is 7.71. The second-order valence-corrected chi connectivity index (χ2v) is 8.12. The van der Waals surface area contributed by atoms with Crippen molar-refractivity contribution in [2.75, 3.05) is 24.6 Å². The molecular weight excluding hydrogens is 433 g/mol. The first-order valence-electron chi connectivity index (χ1n) is 9.98. The minimum Gasteiger partial charge on any atom is -0.384 e. The zero-order valence-corrected chi connectivity index (χ0v) is 17.9. The fourth-order valence-corrected chi connectivity index (χ4v) is 4.13. The molecule has 1 aliphatic rings. The lowest BCUT2D eigenvalue weighted by Gasteiger charge is -2.25. The average molecular weight is 452 g/mol. The van der Waals surface area contributed by atoms with Crippen LogP contribution in [0.5, 0.6) is 0 Å². The van der Waals surface area contributed by atoms with Crippen LogP contribution < -0.4 is 16.7 Å². The smallest absolute Gasteiger partial charge is 0.355 e. The lowest BCUT2D eigenvalue weighted by molar-refractivity contribution is 0.313. The van der Waals surface area contributed by atoms with Gasteiger partial charge in [-0.25, -0.2) is 18.7 Å². The van der Waals surface area contributed by atoms with Crippen LogP contribution in [0.2, 0.25) is 5.02 Å². The molecular formula is C22H19ClFN7O. The number of nitrogens with two attached hydrogens (primary N) is 1. The Morgan fingerprint density at radius 3 is 2.84 bits per heavy atom. The predicted molar refractivity (Wildman–Crippen MR) is 122 cm³/mol. The van der Waals surface area contributed by atoms with Crippen molar-refractivity contribution < 1.29 is 4.39 Å². The van der Waals surface area contributed by atoms with Crippen molar-refractivity contribution in [3.05, 3.63) is 75.0 Å². The van der Waals surface area contributed by atoms with Gasteiger partial charge in [-0.15, -0.1) is 0 Å². The van der Waals surface area contributed by atoms with Crippen LogP contribution in [0, 0.1) is 5.82 Å². The first-order valence-corrected chi connectivity index (χ1v) is 10.4. The molecule has 0 saturated carbocycles. The molecule has 0 spiro atoms. The summed E-state index contributed by atoms with van der Waals surface area (Å²) in [5, 5.41) is 3.50. The molecule has 2 aromatic carbocycles. The van der Waals surface area contributed by atoms with Crippen LogP contribution in [0.15, 0.2) is 47.4 Å². The summed E-state index contributed by atoms with van der Waals surface area (Å²) in [6.07, 6.45) is 2.46. The monoisotopic (exact) mass is 451 g/mol. The van der Waals surface area contributed by atoms with Crippen LogP contribution in [-0.4, -0.2) is 38.0 Å². The van der Waals surface area contributed by atoms with Crippen molar-refractivity contribution in [2.24, 2.45) is 0 Å². The first-order chi connectivity index (χ1) is 15.4. The Labute approximate surface area is 187 Å². The normalized spacial score (nSPS) is 13.8. The maximum Gasteiger partial charge on any atom is 0.355 e. The van der Waals surface area contributed by atoms with Gasteiger partial charge in [-0.05, 0) is 48.9 Å². The minimum atomic E-state index is -0.788. The fourth-order valence-electron chi connectivity index (χ4n) is 3.89. The van der Waals surface area contributed by atoms with E-state index in [1.165, 1.54) is 35.5 Å². The molecule has 1 aliphatic heterocycles. The minimum absolute atomic E-state index is 0.0391. The van der Waals surface area contributed by atoms with E-state index in [0.29, 0.717) is 5.39 Å². The van der Waals surface area contributed by atoms with E-state index in [2.05, 4.69) is 44.3 Å². The van der Waals surface area contributed by atoms with Gasteiger partial charge in [-0.3, -0.25) is 0 Å². The number of aromatic nitrogens is 4. The maximum absolute atomic E-state index is 14.4. The summed E-state index contributed by atoms with van der Waals surface area (Å²) in [7, 11) is 2.09. The SMILES string of the molecule is CN1CCc2ccc(Nc3ncc4c(N)n(-c5c(F)cccc5Cl)c(=O)nc4n3)cc2C1. The number of nitrogens with one attached hydrogen (secondary N) is 1. The van der Waals surface area contributed by atoms with Crippen LogP contribution in [0.3, 0.4) is 0 Å². The highest BCUT2D eigenvalue weighted by atomic mass is 35.5. The van der Waals surface area contributed by atoms with Gasteiger partial charge in [0.25, 0.3) is 0 Å². The average Bonchev–Trinajstić information content (AvgIpc) is 2.75. The van der Waals surface area contributed by atoms with Gasteiger partial charge in [0.05, 0.1) is 10.4 Å². The van der Waals surface area contributed by atoms with Gasteiger partial charge >= 0.3 is 5.69 Å². The third kappa shape index (κ3) is 3.55. The lowest BCUT2D eigenvalue weighted by atomic mass is 9.99. The Bertz CT molecular complexity index is 1400. The third-order valence-electron chi connectivity index (χ3n) is 5.51. The van der Waals surface area contributed by atoms with Gasteiger partial charge in [0.2, 0.25) is 5.95 Å². The Kier molecular flexibility index (Phi) is 4.99. The summed E-state index contributed by atoms with van der Waals surface area (Å²) in [4.78, 5) is 27.6. The number of para-hydroxylation sites is 1. The van der Waals surface area contributed by atoms with Gasteiger partial charge in [-0.2, -0.15) is 9.97 Å². The van der Waals surface area contributed by atoms with E-state index in [9.17, 15) is 9.18 Å². The highest BCUT2D eigenvalue weighted by Crippen LogP contribution is 2.27. The highest BCUT2D eigenvalue weighted by Gasteiger charge is 2.18. The largest absolute Gasteiger partial charge is 0.384 e. The van der Waals surface area contributed by atoms with Crippen LogP contribution in [0.4, 0.5) is 21.8 Å². The summed E-state index contributed by atoms with van der Waals surface area (Å²) in [5.74, 6) is -0.463. The molecule has 0 bridgehead atoms. The molecule has 32 heavy (non-hydrogen) atoms. The predicted octanol–water partition coefficient (Wildman–Crippen LogP) is 3.28. The number of halogens is 2. The number of likely N-dealkylation sites (N-methyl/N-ethyl adjacent to an activating group) is 1. The van der Waals surface area contributed by atoms with Gasteiger partial charge in [0.1, 0.15) is 17.3 Å². The van der Waals surface area contributed by atoms with Crippen molar-refractivity contribution in [3.8, 4) is 5.69 Å². The van der Waals surface area contributed by atoms with E-state index in [1.807, 2.05) is 6.07 Å². The Morgan fingerprint density at radius 2 is 2.03 bits per heavy atom. The number of hydrogen-bond acceptors (Lipinski definition) is 7. The van der Waals surface area contributed by atoms with Crippen molar-refractivity contribution in [2.45, 2.75) is 13.0 Å². The fraction of sp³-hybridized carbons (Fsp3) is 0.182. The van der Waals surface area contributed by atoms with Gasteiger partial charge in [0, 0.05) is 25.0 Å². The number of nitrogens with zero attached hydrogens (tertiary/aromatic N) is 5. The number of fused-ring (bicyclic) bond motifs is 2. The Hall–Kier alpha value is -3.56. The topological polar surface area (TPSA) is 102 Å². The van der Waals surface area contributed by atoms with Crippen molar-refractivity contribution in [3.63, 3.8) is 0 Å². The summed E-state index contributed by atoms with van der Waals surface area (Å²) < 4.78 is 15.3. The third-order valence-corrected chi connectivity index (χ3v) is 5.81. The second kappa shape index (κ2) is 7.85. The molecule has 162 valence electrons. The molecule has 10 heteroatoms. The quantitative estimate of drug-likeness (QED) is 0.492. The summed E-state index contributed by atoms with van der Waals surface area (Å²) in [6, 6.07) is 10.2. The van der Waals surface area contributed by atoms with Gasteiger partial charge < -0.3 is 16.0 Å². The van der Waals surface area contributed by atoms with Crippen LogP contribution in [-0.2, 0) is 13.0 Å². The first kappa shape index (κ1) is 20.3. The molecule has 5 rings (SSSR count). The standard InChI is InChI=1S/C22H19ClFN7O/c1-30-8-7-12-5-6-14(9-13(12)11-30)27-21-26-10-15-19(25)31(22(32)29-20(15)28-21)18-16(23)3-2-4-17(18)24/h2-6,9-10H,7-8,11,25H2,1H3,(H,27,28,29,32). The molecule has 0 saturated heterocycles. The molecule has 0 unspecified atom stereocenters. The van der Waals surface area contributed by atoms with Gasteiger partial charge in [-0.1, -0.05) is 23.7 Å². The lowest BCUT2D eigenvalue weighted by Crippen LogP contribution is -2.26. The van der Waals surface area contributed by atoms with E-state index in [1.54, 1.807) is 0 Å². The summed E-state index contributed by atoms with van der Waals surface area (Å²) >= 11 is 6.11. The molecule has 4 aromatic rings. The molecule has 0 amide bonds. The van der Waals surface area contributed by atoms with Crippen molar-refractivity contribution in [1.29, 1.82) is 0 Å². The van der Waals surface area contributed by atoms with Crippen LogP contribution >= 0.6 is 11.6 Å². The van der Waals surface area contributed by atoms with E-state index >= 15 is 0 Å². The molecule has 2 aromatic heterocycles. The van der Waals surface area contributed by atoms with Gasteiger partial charge in [0.15, 0.2) is 5.65 Å². The van der Waals surface area contributed by atoms with Crippen molar-refractivity contribution >= 4 is 40.1 Å². The highest BCUT2D eigenvalue weighted by molar-refractivity contribution is 6.32. The molecule has 3 heterocycles. The number of nitrogen functional groups attached to an aromatic ring is 1. The summed E-state index contributed by atoms with van der Waals surface area (Å²) in [6.45, 7) is 1.91. The molecule has 0 aliphatic carbocycles. The number of anilines is 3. The van der Waals surface area contributed by atoms with Crippen LogP contribution in [0.25, 0.3) is 16.7 Å². The number of benzene rings is 2. The van der Waals surface area contributed by atoms with Crippen LogP contribution in [0.1, 0.15) is 11.1 Å². The Morgan fingerprint density at radius 1 is 1.19 bits per heavy atom. The molecule has 3 N–H and O–H groups in total. The maximum atomic E-state index is 14.4. The summed E-state index contributed by atoms with van der Waals surface area (Å²) in [5.41, 5.74) is 8.74. The van der Waals surface area contributed by atoms with Crippen molar-refractivity contribution in [1.82, 2.24) is 24.4 Å². The number of hydrogen-bond donors (Lipinski definition) is 2. The zero-order chi connectivity index (χ0) is 22.4. The number of rotatable bonds is 3. The molecule has 8 nitrogen and oxygen atoms in total. The molecule has 0 radical (unpaired) electrons.